The van der Waals surface area contributed by atoms with Gasteiger partial charge in [0.2, 0.25) is 0 Å². The van der Waals surface area contributed by atoms with E-state index in [4.69, 9.17) is 0 Å². The third-order valence-electron chi connectivity index (χ3n) is 5.39. The second-order valence-electron chi connectivity index (χ2n) is 7.47. The fourth-order valence-electron chi connectivity index (χ4n) is 3.52. The van der Waals surface area contributed by atoms with Crippen LogP contribution in [0.25, 0.3) is 22.6 Å². The molecule has 0 saturated carbocycles. The predicted octanol–water partition coefficient (Wildman–Crippen LogP) is 4.17. The zero-order valence-corrected chi connectivity index (χ0v) is 16.5. The maximum Gasteiger partial charge on any atom is 0.393 e. The number of carbonyl (C=O) groups excluding carboxylic acids is 1. The molecule has 0 aliphatic carbocycles. The second kappa shape index (κ2) is 7.55. The van der Waals surface area contributed by atoms with Gasteiger partial charge in [-0.25, -0.2) is 4.98 Å². The second-order valence-corrected chi connectivity index (χ2v) is 7.47. The number of H-pyrrole nitrogens is 1. The van der Waals surface area contributed by atoms with Gasteiger partial charge in [0.05, 0.1) is 17.2 Å². The van der Waals surface area contributed by atoms with E-state index < -0.39 is 18.0 Å². The minimum absolute atomic E-state index is 0.0714. The van der Waals surface area contributed by atoms with Crippen molar-refractivity contribution in [2.24, 2.45) is 5.92 Å². The number of pyridine rings is 2. The van der Waals surface area contributed by atoms with Crippen LogP contribution in [0.2, 0.25) is 0 Å². The molecule has 9 heteroatoms. The number of nitrogens with zero attached hydrogens (tertiary/aromatic N) is 4. The molecule has 1 aliphatic rings. The van der Waals surface area contributed by atoms with E-state index in [2.05, 4.69) is 19.9 Å². The molecule has 4 heterocycles. The van der Waals surface area contributed by atoms with Gasteiger partial charge in [-0.1, -0.05) is 0 Å². The molecule has 156 valence electrons. The summed E-state index contributed by atoms with van der Waals surface area (Å²) < 4.78 is 38.8. The quantitative estimate of drug-likeness (QED) is 0.697. The Morgan fingerprint density at radius 1 is 1.20 bits per heavy atom. The average Bonchev–Trinajstić information content (AvgIpc) is 3.35. The van der Waals surface area contributed by atoms with Gasteiger partial charge < -0.3 is 9.88 Å². The zero-order chi connectivity index (χ0) is 21.5. The highest BCUT2D eigenvalue weighted by Crippen LogP contribution is 2.34. The van der Waals surface area contributed by atoms with Gasteiger partial charge in [0.1, 0.15) is 5.69 Å². The third kappa shape index (κ3) is 3.92. The summed E-state index contributed by atoms with van der Waals surface area (Å²) in [4.78, 5) is 30.1. The van der Waals surface area contributed by atoms with Crippen LogP contribution in [0.15, 0.2) is 36.8 Å². The lowest BCUT2D eigenvalue weighted by Crippen LogP contribution is -2.32. The van der Waals surface area contributed by atoms with Crippen LogP contribution >= 0.6 is 0 Å². The molecule has 1 saturated heterocycles. The summed E-state index contributed by atoms with van der Waals surface area (Å²) in [5.41, 5.74) is 4.20. The summed E-state index contributed by atoms with van der Waals surface area (Å²) in [6.45, 7) is 3.60. The van der Waals surface area contributed by atoms with Gasteiger partial charge in [0, 0.05) is 42.9 Å². The Morgan fingerprint density at radius 3 is 2.67 bits per heavy atom. The Hall–Kier alpha value is -3.23. The molecule has 3 aromatic rings. The molecule has 1 aliphatic heterocycles. The van der Waals surface area contributed by atoms with Crippen LogP contribution in [0.5, 0.6) is 0 Å². The van der Waals surface area contributed by atoms with Crippen molar-refractivity contribution in [3.05, 3.63) is 53.7 Å². The summed E-state index contributed by atoms with van der Waals surface area (Å²) >= 11 is 0. The molecule has 1 fully saturated rings. The number of halogens is 3. The summed E-state index contributed by atoms with van der Waals surface area (Å²) in [5, 5.41) is 0. The molecule has 1 N–H and O–H groups in total. The normalized spacial score (nSPS) is 16.8. The minimum Gasteiger partial charge on any atom is -0.341 e. The SMILES string of the molecule is Cc1nc(-c2cc(-c3cncc(C(=O)N4CCC(C(F)(F)F)C4)c3)ccn2)[nH]c1C. The molecule has 0 aromatic carbocycles. The van der Waals surface area contributed by atoms with Crippen molar-refractivity contribution < 1.29 is 18.0 Å². The number of hydrogen-bond acceptors (Lipinski definition) is 4. The maximum atomic E-state index is 12.9. The topological polar surface area (TPSA) is 74.8 Å². The van der Waals surface area contributed by atoms with Gasteiger partial charge in [-0.05, 0) is 44.0 Å². The van der Waals surface area contributed by atoms with Crippen LogP contribution < -0.4 is 0 Å². The lowest BCUT2D eigenvalue weighted by Gasteiger charge is -2.18. The molecule has 3 aromatic heterocycles. The van der Waals surface area contributed by atoms with Crippen molar-refractivity contribution >= 4 is 5.91 Å². The highest BCUT2D eigenvalue weighted by molar-refractivity contribution is 5.95. The number of aromatic nitrogens is 4. The minimum atomic E-state index is -4.29. The number of aromatic amines is 1. The fourth-order valence-corrected chi connectivity index (χ4v) is 3.52. The number of carbonyl (C=O) groups is 1. The molecule has 0 bridgehead atoms. The number of aryl methyl sites for hydroxylation is 2. The van der Waals surface area contributed by atoms with Gasteiger partial charge in [-0.2, -0.15) is 13.2 Å². The maximum absolute atomic E-state index is 12.9. The van der Waals surface area contributed by atoms with Crippen LogP contribution in [-0.4, -0.2) is 50.0 Å². The van der Waals surface area contributed by atoms with Crippen molar-refractivity contribution in [3.8, 4) is 22.6 Å². The number of hydrogen-bond donors (Lipinski definition) is 1. The van der Waals surface area contributed by atoms with Crippen molar-refractivity contribution in [2.75, 3.05) is 13.1 Å². The van der Waals surface area contributed by atoms with E-state index in [9.17, 15) is 18.0 Å². The molecule has 1 amide bonds. The number of likely N-dealkylation sites (tertiary alicyclic amines) is 1. The van der Waals surface area contributed by atoms with E-state index in [0.717, 1.165) is 17.0 Å². The predicted molar refractivity (Wildman–Crippen MR) is 105 cm³/mol. The summed E-state index contributed by atoms with van der Waals surface area (Å²) in [5.74, 6) is -1.27. The lowest BCUT2D eigenvalue weighted by molar-refractivity contribution is -0.169. The van der Waals surface area contributed by atoms with Crippen molar-refractivity contribution in [1.29, 1.82) is 0 Å². The van der Waals surface area contributed by atoms with Crippen LogP contribution in [0.4, 0.5) is 13.2 Å². The smallest absolute Gasteiger partial charge is 0.341 e. The van der Waals surface area contributed by atoms with Crippen LogP contribution in [0.1, 0.15) is 28.2 Å². The van der Waals surface area contributed by atoms with Crippen LogP contribution in [0.3, 0.4) is 0 Å². The molecule has 4 rings (SSSR count). The summed E-state index contributed by atoms with van der Waals surface area (Å²) in [6.07, 6.45) is 0.273. The average molecular weight is 415 g/mol. The van der Waals surface area contributed by atoms with E-state index in [1.165, 1.54) is 11.1 Å². The summed E-state index contributed by atoms with van der Waals surface area (Å²) in [6, 6.07) is 5.26. The van der Waals surface area contributed by atoms with Gasteiger partial charge in [0.25, 0.3) is 5.91 Å². The molecule has 30 heavy (non-hydrogen) atoms. The number of alkyl halides is 3. The Balaban J connectivity index is 1.58. The van der Waals surface area contributed by atoms with Gasteiger partial charge in [-0.3, -0.25) is 14.8 Å². The molecule has 0 radical (unpaired) electrons. The van der Waals surface area contributed by atoms with E-state index in [0.29, 0.717) is 17.1 Å². The molecule has 0 spiro atoms. The van der Waals surface area contributed by atoms with E-state index >= 15 is 0 Å². The van der Waals surface area contributed by atoms with E-state index in [-0.39, 0.29) is 25.1 Å². The lowest BCUT2D eigenvalue weighted by atomic mass is 10.1. The molecular weight excluding hydrogens is 395 g/mol. The Morgan fingerprint density at radius 2 is 2.00 bits per heavy atom. The number of nitrogens with one attached hydrogen (secondary N) is 1. The van der Waals surface area contributed by atoms with Crippen LogP contribution in [-0.2, 0) is 0 Å². The zero-order valence-electron chi connectivity index (χ0n) is 16.5. The highest BCUT2D eigenvalue weighted by atomic mass is 19.4. The first-order chi connectivity index (χ1) is 14.2. The van der Waals surface area contributed by atoms with Crippen LogP contribution in [0, 0.1) is 19.8 Å². The first kappa shape index (κ1) is 20.1. The molecular formula is C21H20F3N5O. The van der Waals surface area contributed by atoms with Gasteiger partial charge >= 0.3 is 6.18 Å². The Kier molecular flexibility index (Phi) is 5.05. The Bertz CT molecular complexity index is 1070. The molecule has 6 nitrogen and oxygen atoms in total. The van der Waals surface area contributed by atoms with E-state index in [1.54, 1.807) is 24.5 Å². The largest absolute Gasteiger partial charge is 0.393 e. The van der Waals surface area contributed by atoms with E-state index in [1.807, 2.05) is 19.9 Å². The first-order valence-electron chi connectivity index (χ1n) is 9.53. The third-order valence-corrected chi connectivity index (χ3v) is 5.39. The number of amides is 1. The number of rotatable bonds is 3. The standard InChI is InChI=1S/C21H20F3N5O/c1-12-13(2)28-19(27-12)18-8-14(3-5-26-18)15-7-16(10-25-9-15)20(30)29-6-4-17(11-29)21(22,23)24/h3,5,7-10,17H,4,6,11H2,1-2H3,(H,27,28). The Labute approximate surface area is 171 Å². The van der Waals surface area contributed by atoms with Gasteiger partial charge in [0.15, 0.2) is 5.82 Å². The van der Waals surface area contributed by atoms with Crippen molar-refractivity contribution in [3.63, 3.8) is 0 Å². The molecule has 1 atom stereocenters. The highest BCUT2D eigenvalue weighted by Gasteiger charge is 2.44. The van der Waals surface area contributed by atoms with Gasteiger partial charge in [-0.15, -0.1) is 0 Å². The monoisotopic (exact) mass is 415 g/mol. The van der Waals surface area contributed by atoms with Crippen molar-refractivity contribution in [1.82, 2.24) is 24.8 Å². The molecule has 1 unspecified atom stereocenters. The van der Waals surface area contributed by atoms with Crippen molar-refractivity contribution in [2.45, 2.75) is 26.4 Å². The fraction of sp³-hybridized carbons (Fsp3) is 0.333. The number of imidazole rings is 1. The summed E-state index contributed by atoms with van der Waals surface area (Å²) in [7, 11) is 0. The first-order valence-corrected chi connectivity index (χ1v) is 9.53.